The van der Waals surface area contributed by atoms with Crippen LogP contribution in [-0.2, 0) is 17.8 Å². The third-order valence-electron chi connectivity index (χ3n) is 4.38. The van der Waals surface area contributed by atoms with E-state index < -0.39 is 4.92 Å². The summed E-state index contributed by atoms with van der Waals surface area (Å²) in [7, 11) is 0. The molecule has 0 saturated carbocycles. The average Bonchev–Trinajstić information content (AvgIpc) is 2.63. The Morgan fingerprint density at radius 1 is 1.00 bits per heavy atom. The minimum atomic E-state index is -0.437. The van der Waals surface area contributed by atoms with Gasteiger partial charge < -0.3 is 4.90 Å². The van der Waals surface area contributed by atoms with Crippen molar-refractivity contribution < 1.29 is 9.72 Å². The minimum absolute atomic E-state index is 0.0425. The second-order valence-electron chi connectivity index (χ2n) is 6.11. The van der Waals surface area contributed by atoms with E-state index in [9.17, 15) is 14.9 Å². The van der Waals surface area contributed by atoms with Gasteiger partial charge in [-0.15, -0.1) is 0 Å². The molecular formula is C18H20N4O3. The molecule has 0 unspecified atom stereocenters. The van der Waals surface area contributed by atoms with Crippen molar-refractivity contribution in [2.24, 2.45) is 0 Å². The van der Waals surface area contributed by atoms with Crippen molar-refractivity contribution in [1.29, 1.82) is 0 Å². The third-order valence-corrected chi connectivity index (χ3v) is 4.38. The van der Waals surface area contributed by atoms with Crippen LogP contribution >= 0.6 is 0 Å². The maximum absolute atomic E-state index is 12.4. The van der Waals surface area contributed by atoms with Crippen LogP contribution in [0.4, 0.5) is 5.69 Å². The number of nitro groups is 1. The van der Waals surface area contributed by atoms with Crippen molar-refractivity contribution in [1.82, 2.24) is 14.8 Å². The molecule has 7 nitrogen and oxygen atoms in total. The van der Waals surface area contributed by atoms with Gasteiger partial charge in [-0.2, -0.15) is 0 Å². The molecule has 130 valence electrons. The molecule has 1 aromatic heterocycles. The molecule has 0 spiro atoms. The summed E-state index contributed by atoms with van der Waals surface area (Å²) in [5.41, 5.74) is 2.07. The summed E-state index contributed by atoms with van der Waals surface area (Å²) >= 11 is 0. The highest BCUT2D eigenvalue weighted by molar-refractivity contribution is 5.79. The van der Waals surface area contributed by atoms with Gasteiger partial charge in [-0.05, 0) is 23.3 Å². The standard InChI is InChI=1S/C18H20N4O3/c23-18(13-15-1-3-17(4-2-15)22(24)25)21-11-9-20(10-12-21)14-16-5-7-19-8-6-16/h1-8H,9-14H2. The van der Waals surface area contributed by atoms with Crippen molar-refractivity contribution in [2.45, 2.75) is 13.0 Å². The van der Waals surface area contributed by atoms with Gasteiger partial charge in [0.2, 0.25) is 5.91 Å². The van der Waals surface area contributed by atoms with E-state index in [1.54, 1.807) is 24.5 Å². The minimum Gasteiger partial charge on any atom is -0.340 e. The number of nitro benzene ring substituents is 1. The Morgan fingerprint density at radius 3 is 2.24 bits per heavy atom. The van der Waals surface area contributed by atoms with Crippen LogP contribution in [0.25, 0.3) is 0 Å². The van der Waals surface area contributed by atoms with Gasteiger partial charge in [0.25, 0.3) is 5.69 Å². The number of pyridine rings is 1. The summed E-state index contributed by atoms with van der Waals surface area (Å²) in [5, 5.41) is 10.7. The summed E-state index contributed by atoms with van der Waals surface area (Å²) in [4.78, 5) is 30.9. The first-order valence-corrected chi connectivity index (χ1v) is 8.24. The summed E-state index contributed by atoms with van der Waals surface area (Å²) < 4.78 is 0. The monoisotopic (exact) mass is 340 g/mol. The molecule has 3 rings (SSSR count). The van der Waals surface area contributed by atoms with Gasteiger partial charge >= 0.3 is 0 Å². The highest BCUT2D eigenvalue weighted by Crippen LogP contribution is 2.14. The first-order valence-electron chi connectivity index (χ1n) is 8.24. The van der Waals surface area contributed by atoms with Crippen LogP contribution in [0.5, 0.6) is 0 Å². The van der Waals surface area contributed by atoms with E-state index in [-0.39, 0.29) is 18.0 Å². The van der Waals surface area contributed by atoms with E-state index >= 15 is 0 Å². The largest absolute Gasteiger partial charge is 0.340 e. The number of carbonyl (C=O) groups is 1. The molecule has 1 fully saturated rings. The maximum Gasteiger partial charge on any atom is 0.269 e. The summed E-state index contributed by atoms with van der Waals surface area (Å²) in [6.07, 6.45) is 3.86. The Hall–Kier alpha value is -2.80. The number of aromatic nitrogens is 1. The van der Waals surface area contributed by atoms with E-state index in [1.807, 2.05) is 17.0 Å². The third kappa shape index (κ3) is 4.60. The van der Waals surface area contributed by atoms with Crippen molar-refractivity contribution in [3.05, 3.63) is 70.0 Å². The molecule has 25 heavy (non-hydrogen) atoms. The van der Waals surface area contributed by atoms with Gasteiger partial charge in [-0.1, -0.05) is 12.1 Å². The molecule has 7 heteroatoms. The molecule has 0 bridgehead atoms. The summed E-state index contributed by atoms with van der Waals surface area (Å²) in [5.74, 6) is 0.0671. The van der Waals surface area contributed by atoms with Gasteiger partial charge in [0.05, 0.1) is 11.3 Å². The van der Waals surface area contributed by atoms with E-state index in [2.05, 4.69) is 9.88 Å². The van der Waals surface area contributed by atoms with Crippen molar-refractivity contribution in [3.63, 3.8) is 0 Å². The first kappa shape index (κ1) is 17.0. The van der Waals surface area contributed by atoms with E-state index in [1.165, 1.54) is 17.7 Å². The van der Waals surface area contributed by atoms with Gasteiger partial charge in [0.15, 0.2) is 0 Å². The lowest BCUT2D eigenvalue weighted by atomic mass is 10.1. The van der Waals surface area contributed by atoms with Crippen LogP contribution in [0.2, 0.25) is 0 Å². The second kappa shape index (κ2) is 7.85. The highest BCUT2D eigenvalue weighted by Gasteiger charge is 2.21. The number of piperazine rings is 1. The molecule has 0 N–H and O–H groups in total. The Labute approximate surface area is 146 Å². The van der Waals surface area contributed by atoms with Crippen LogP contribution in [0, 0.1) is 10.1 Å². The predicted molar refractivity (Wildman–Crippen MR) is 92.9 cm³/mol. The SMILES string of the molecule is O=C(Cc1ccc([N+](=O)[O-])cc1)N1CCN(Cc2ccncc2)CC1. The number of benzene rings is 1. The van der Waals surface area contributed by atoms with E-state index in [4.69, 9.17) is 0 Å². The summed E-state index contributed by atoms with van der Waals surface area (Å²) in [6.45, 7) is 3.96. The van der Waals surface area contributed by atoms with Gasteiger partial charge in [-0.25, -0.2) is 0 Å². The van der Waals surface area contributed by atoms with Crippen LogP contribution in [-0.4, -0.2) is 51.8 Å². The van der Waals surface area contributed by atoms with Gasteiger partial charge in [-0.3, -0.25) is 24.8 Å². The number of rotatable bonds is 5. The fraction of sp³-hybridized carbons (Fsp3) is 0.333. The molecule has 0 aliphatic carbocycles. The Kier molecular flexibility index (Phi) is 5.35. The van der Waals surface area contributed by atoms with Crippen LogP contribution in [0.1, 0.15) is 11.1 Å². The van der Waals surface area contributed by atoms with Crippen molar-refractivity contribution >= 4 is 11.6 Å². The molecule has 1 aliphatic heterocycles. The Balaban J connectivity index is 1.49. The van der Waals surface area contributed by atoms with Gasteiger partial charge in [0, 0.05) is 57.3 Å². The zero-order valence-corrected chi connectivity index (χ0v) is 13.9. The lowest BCUT2D eigenvalue weighted by molar-refractivity contribution is -0.384. The van der Waals surface area contributed by atoms with E-state index in [0.717, 1.165) is 25.2 Å². The Morgan fingerprint density at radius 2 is 1.64 bits per heavy atom. The number of nitrogens with zero attached hydrogens (tertiary/aromatic N) is 4. The molecule has 2 heterocycles. The maximum atomic E-state index is 12.4. The molecule has 1 aliphatic rings. The average molecular weight is 340 g/mol. The number of amides is 1. The lowest BCUT2D eigenvalue weighted by Crippen LogP contribution is -2.48. The zero-order valence-electron chi connectivity index (χ0n) is 13.9. The number of hydrogen-bond donors (Lipinski definition) is 0. The zero-order chi connectivity index (χ0) is 17.6. The summed E-state index contributed by atoms with van der Waals surface area (Å²) in [6, 6.07) is 10.2. The first-order chi connectivity index (χ1) is 12.1. The second-order valence-corrected chi connectivity index (χ2v) is 6.11. The quantitative estimate of drug-likeness (QED) is 0.613. The molecule has 2 aromatic rings. The fourth-order valence-corrected chi connectivity index (χ4v) is 2.92. The molecular weight excluding hydrogens is 320 g/mol. The predicted octanol–water partition coefficient (Wildman–Crippen LogP) is 1.88. The number of hydrogen-bond acceptors (Lipinski definition) is 5. The lowest BCUT2D eigenvalue weighted by Gasteiger charge is -2.34. The smallest absolute Gasteiger partial charge is 0.269 e. The molecule has 0 radical (unpaired) electrons. The molecule has 1 amide bonds. The normalized spacial score (nSPS) is 15.1. The number of non-ortho nitro benzene ring substituents is 1. The molecule has 0 atom stereocenters. The van der Waals surface area contributed by atoms with Crippen LogP contribution < -0.4 is 0 Å². The number of carbonyl (C=O) groups excluding carboxylic acids is 1. The highest BCUT2D eigenvalue weighted by atomic mass is 16.6. The Bertz CT molecular complexity index is 726. The van der Waals surface area contributed by atoms with E-state index in [0.29, 0.717) is 13.1 Å². The molecule has 1 aromatic carbocycles. The van der Waals surface area contributed by atoms with Crippen LogP contribution in [0.15, 0.2) is 48.8 Å². The topological polar surface area (TPSA) is 79.6 Å². The molecule has 1 saturated heterocycles. The van der Waals surface area contributed by atoms with Crippen molar-refractivity contribution in [3.8, 4) is 0 Å². The van der Waals surface area contributed by atoms with Crippen LogP contribution in [0.3, 0.4) is 0 Å². The van der Waals surface area contributed by atoms with Gasteiger partial charge in [0.1, 0.15) is 0 Å². The fourth-order valence-electron chi connectivity index (χ4n) is 2.92. The van der Waals surface area contributed by atoms with Crippen molar-refractivity contribution in [2.75, 3.05) is 26.2 Å².